The Kier molecular flexibility index (Phi) is 6.61. The van der Waals surface area contributed by atoms with Gasteiger partial charge in [-0.1, -0.05) is 57.2 Å². The molecule has 27 heavy (non-hydrogen) atoms. The van der Waals surface area contributed by atoms with Crippen LogP contribution in [-0.2, 0) is 21.5 Å². The van der Waals surface area contributed by atoms with Gasteiger partial charge in [-0.3, -0.25) is 9.59 Å². The average molecular weight is 368 g/mol. The van der Waals surface area contributed by atoms with Gasteiger partial charge in [-0.25, -0.2) is 0 Å². The van der Waals surface area contributed by atoms with Gasteiger partial charge in [0.2, 0.25) is 11.8 Å². The van der Waals surface area contributed by atoms with Crippen molar-refractivity contribution < 1.29 is 14.3 Å². The fraction of sp³-hybridized carbons (Fsp3) is 0.364. The molecule has 0 fully saturated rings. The summed E-state index contributed by atoms with van der Waals surface area (Å²) in [4.78, 5) is 26.3. The largest absolute Gasteiger partial charge is 0.496 e. The molecule has 2 aromatic carbocycles. The molecule has 2 amide bonds. The molecule has 0 radical (unpaired) electrons. The molecule has 0 aliphatic rings. The van der Waals surface area contributed by atoms with Gasteiger partial charge in [0.1, 0.15) is 12.3 Å². The second kappa shape index (κ2) is 8.71. The molecule has 5 heteroatoms. The minimum Gasteiger partial charge on any atom is -0.496 e. The Labute approximate surface area is 161 Å². The van der Waals surface area contributed by atoms with E-state index in [4.69, 9.17) is 4.74 Å². The van der Waals surface area contributed by atoms with Gasteiger partial charge in [0.15, 0.2) is 0 Å². The zero-order valence-corrected chi connectivity index (χ0v) is 16.7. The van der Waals surface area contributed by atoms with Crippen LogP contribution in [0.1, 0.15) is 38.8 Å². The van der Waals surface area contributed by atoms with Crippen molar-refractivity contribution in [2.75, 3.05) is 18.6 Å². The highest BCUT2D eigenvalue weighted by Crippen LogP contribution is 2.31. The Bertz CT molecular complexity index is 809. The van der Waals surface area contributed by atoms with E-state index >= 15 is 0 Å². The topological polar surface area (TPSA) is 58.6 Å². The molecule has 0 aliphatic heterocycles. The lowest BCUT2D eigenvalue weighted by Crippen LogP contribution is -2.40. The lowest BCUT2D eigenvalue weighted by molar-refractivity contribution is -0.123. The Morgan fingerprint density at radius 3 is 2.30 bits per heavy atom. The van der Waals surface area contributed by atoms with Crippen molar-refractivity contribution in [3.8, 4) is 5.75 Å². The van der Waals surface area contributed by atoms with Crippen molar-refractivity contribution in [2.45, 2.75) is 39.7 Å². The second-order valence-electron chi connectivity index (χ2n) is 7.46. The third kappa shape index (κ3) is 5.33. The summed E-state index contributed by atoms with van der Waals surface area (Å²) in [7, 11) is 1.60. The molecule has 0 saturated heterocycles. The molecule has 0 atom stereocenters. The highest BCUT2D eigenvalue weighted by molar-refractivity contribution is 5.98. The number of rotatable bonds is 6. The number of hydrogen-bond acceptors (Lipinski definition) is 3. The molecular weight excluding hydrogens is 340 g/mol. The average Bonchev–Trinajstić information content (AvgIpc) is 2.63. The molecule has 0 aromatic heterocycles. The van der Waals surface area contributed by atoms with Crippen LogP contribution in [0.5, 0.6) is 5.75 Å². The van der Waals surface area contributed by atoms with Gasteiger partial charge < -0.3 is 15.0 Å². The predicted molar refractivity (Wildman–Crippen MR) is 108 cm³/mol. The van der Waals surface area contributed by atoms with Gasteiger partial charge in [0, 0.05) is 24.7 Å². The first-order valence-electron chi connectivity index (χ1n) is 9.00. The zero-order valence-electron chi connectivity index (χ0n) is 16.7. The normalized spacial score (nSPS) is 11.0. The number of hydrogen-bond donors (Lipinski definition) is 1. The first-order chi connectivity index (χ1) is 12.7. The Morgan fingerprint density at radius 1 is 1.04 bits per heavy atom. The van der Waals surface area contributed by atoms with E-state index < -0.39 is 0 Å². The fourth-order valence-corrected chi connectivity index (χ4v) is 2.95. The van der Waals surface area contributed by atoms with E-state index in [2.05, 4.69) is 26.1 Å². The van der Waals surface area contributed by atoms with Gasteiger partial charge in [0.25, 0.3) is 0 Å². The van der Waals surface area contributed by atoms with Crippen LogP contribution in [0.25, 0.3) is 0 Å². The molecule has 0 aliphatic carbocycles. The minimum atomic E-state index is -0.222. The number of para-hydroxylation sites is 2. The molecular formula is C22H28N2O3. The highest BCUT2D eigenvalue weighted by atomic mass is 16.5. The van der Waals surface area contributed by atoms with Crippen molar-refractivity contribution >= 4 is 17.5 Å². The van der Waals surface area contributed by atoms with Crippen LogP contribution < -0.4 is 15.0 Å². The molecule has 144 valence electrons. The molecule has 0 spiro atoms. The SMILES string of the molecule is COc1ccccc1CNC(=O)CN(C(C)=O)c1ccccc1C(C)(C)C. The van der Waals surface area contributed by atoms with Crippen LogP contribution in [0, 0.1) is 0 Å². The maximum atomic E-state index is 12.5. The van der Waals surface area contributed by atoms with Crippen LogP contribution in [-0.4, -0.2) is 25.5 Å². The van der Waals surface area contributed by atoms with Crippen molar-refractivity contribution in [3.63, 3.8) is 0 Å². The zero-order chi connectivity index (χ0) is 20.0. The second-order valence-corrected chi connectivity index (χ2v) is 7.46. The molecule has 0 bridgehead atoms. The Hall–Kier alpha value is -2.82. The van der Waals surface area contributed by atoms with Gasteiger partial charge in [-0.15, -0.1) is 0 Å². The summed E-state index contributed by atoms with van der Waals surface area (Å²) in [6.45, 7) is 8.06. The first-order valence-corrected chi connectivity index (χ1v) is 9.00. The van der Waals surface area contributed by atoms with Gasteiger partial charge in [-0.05, 0) is 23.1 Å². The Balaban J connectivity index is 2.15. The molecule has 0 unspecified atom stereocenters. The molecule has 1 N–H and O–H groups in total. The molecule has 5 nitrogen and oxygen atoms in total. The quantitative estimate of drug-likeness (QED) is 0.846. The monoisotopic (exact) mass is 368 g/mol. The van der Waals surface area contributed by atoms with Crippen molar-refractivity contribution in [3.05, 3.63) is 59.7 Å². The number of ether oxygens (including phenoxy) is 1. The van der Waals surface area contributed by atoms with Gasteiger partial charge in [0.05, 0.1) is 7.11 Å². The number of carbonyl (C=O) groups is 2. The number of amides is 2. The van der Waals surface area contributed by atoms with E-state index in [0.29, 0.717) is 6.54 Å². The lowest BCUT2D eigenvalue weighted by atomic mass is 9.85. The van der Waals surface area contributed by atoms with Crippen LogP contribution in [0.15, 0.2) is 48.5 Å². The Morgan fingerprint density at radius 2 is 1.67 bits per heavy atom. The summed E-state index contributed by atoms with van der Waals surface area (Å²) in [6, 6.07) is 15.2. The number of methoxy groups -OCH3 is 1. The smallest absolute Gasteiger partial charge is 0.240 e. The molecule has 0 saturated carbocycles. The van der Waals surface area contributed by atoms with Crippen molar-refractivity contribution in [2.24, 2.45) is 0 Å². The predicted octanol–water partition coefficient (Wildman–Crippen LogP) is 3.66. The van der Waals surface area contributed by atoms with Crippen molar-refractivity contribution in [1.29, 1.82) is 0 Å². The highest BCUT2D eigenvalue weighted by Gasteiger charge is 2.24. The fourth-order valence-electron chi connectivity index (χ4n) is 2.95. The summed E-state index contributed by atoms with van der Waals surface area (Å²) in [5, 5.41) is 2.87. The summed E-state index contributed by atoms with van der Waals surface area (Å²) in [5.74, 6) is 0.332. The number of benzene rings is 2. The van der Waals surface area contributed by atoms with Crippen LogP contribution in [0.4, 0.5) is 5.69 Å². The molecule has 0 heterocycles. The summed E-state index contributed by atoms with van der Waals surface area (Å²) in [6.07, 6.45) is 0. The van der Waals surface area contributed by atoms with Crippen molar-refractivity contribution in [1.82, 2.24) is 5.32 Å². The molecule has 2 aromatic rings. The van der Waals surface area contributed by atoms with Crippen LogP contribution in [0.2, 0.25) is 0 Å². The summed E-state index contributed by atoms with van der Waals surface area (Å²) < 4.78 is 5.30. The maximum Gasteiger partial charge on any atom is 0.240 e. The van der Waals surface area contributed by atoms with E-state index in [0.717, 1.165) is 22.6 Å². The third-order valence-electron chi connectivity index (χ3n) is 4.35. The third-order valence-corrected chi connectivity index (χ3v) is 4.35. The number of nitrogens with one attached hydrogen (secondary N) is 1. The number of nitrogens with zero attached hydrogens (tertiary/aromatic N) is 1. The van der Waals surface area contributed by atoms with E-state index in [1.807, 2.05) is 48.5 Å². The summed E-state index contributed by atoms with van der Waals surface area (Å²) >= 11 is 0. The van der Waals surface area contributed by atoms with E-state index in [-0.39, 0.29) is 23.8 Å². The van der Waals surface area contributed by atoms with Gasteiger partial charge >= 0.3 is 0 Å². The van der Waals surface area contributed by atoms with E-state index in [9.17, 15) is 9.59 Å². The standard InChI is InChI=1S/C22H28N2O3/c1-16(25)24(19-12-8-7-11-18(19)22(2,3)4)15-21(26)23-14-17-10-6-9-13-20(17)27-5/h6-13H,14-15H2,1-5H3,(H,23,26). The first kappa shape index (κ1) is 20.5. The number of carbonyl (C=O) groups excluding carboxylic acids is 2. The van der Waals surface area contributed by atoms with E-state index in [1.165, 1.54) is 11.8 Å². The number of anilines is 1. The summed E-state index contributed by atoms with van der Waals surface area (Å²) in [5.41, 5.74) is 2.54. The van der Waals surface area contributed by atoms with Crippen LogP contribution >= 0.6 is 0 Å². The maximum absolute atomic E-state index is 12.5. The minimum absolute atomic E-state index is 0.0302. The molecule has 2 rings (SSSR count). The van der Waals surface area contributed by atoms with Gasteiger partial charge in [-0.2, -0.15) is 0 Å². The van der Waals surface area contributed by atoms with E-state index in [1.54, 1.807) is 7.11 Å². The van der Waals surface area contributed by atoms with Crippen LogP contribution in [0.3, 0.4) is 0 Å². The lowest BCUT2D eigenvalue weighted by Gasteiger charge is -2.29.